The van der Waals surface area contributed by atoms with Gasteiger partial charge in [0.05, 0.1) is 15.7 Å². The summed E-state index contributed by atoms with van der Waals surface area (Å²) in [5.74, 6) is 0. The Hall–Kier alpha value is -2.02. The highest BCUT2D eigenvalue weighted by Crippen LogP contribution is 2.43. The van der Waals surface area contributed by atoms with E-state index in [1.807, 2.05) is 13.0 Å². The van der Waals surface area contributed by atoms with Crippen LogP contribution >= 0.6 is 27.5 Å². The molecule has 0 unspecified atom stereocenters. The smallest absolute Gasteiger partial charge is 0.367 e. The molecular weight excluding hydrogens is 451 g/mol. The number of nitriles is 1. The molecule has 0 bridgehead atoms. The number of ether oxygens (including phenoxy) is 1. The van der Waals surface area contributed by atoms with Crippen LogP contribution in [0.5, 0.6) is 0 Å². The van der Waals surface area contributed by atoms with E-state index in [9.17, 15) is 18.4 Å². The van der Waals surface area contributed by atoms with Gasteiger partial charge in [-0.25, -0.2) is 0 Å². The number of hydrogen-bond acceptors (Lipinski definition) is 4. The fourth-order valence-corrected chi connectivity index (χ4v) is 3.17. The monoisotopic (exact) mass is 463 g/mol. The van der Waals surface area contributed by atoms with Gasteiger partial charge in [0, 0.05) is 11.2 Å². The SMILES string of the molecule is CCC=NOCOCn1c(-c2ccc(Cl)cc2)c(C#N)c(Br)c1C(F)(F)F. The predicted octanol–water partition coefficient (Wildman–Crippen LogP) is 5.81. The lowest BCUT2D eigenvalue weighted by atomic mass is 10.1. The topological polar surface area (TPSA) is 59.5 Å². The molecule has 0 atom stereocenters. The molecule has 2 rings (SSSR count). The minimum atomic E-state index is -4.71. The van der Waals surface area contributed by atoms with Crippen LogP contribution in [0.25, 0.3) is 11.3 Å². The van der Waals surface area contributed by atoms with Crippen molar-refractivity contribution in [3.63, 3.8) is 0 Å². The summed E-state index contributed by atoms with van der Waals surface area (Å²) in [6.07, 6.45) is -2.57. The van der Waals surface area contributed by atoms with Crippen molar-refractivity contribution in [2.75, 3.05) is 6.79 Å². The zero-order chi connectivity index (χ0) is 20.0. The first-order chi connectivity index (χ1) is 12.8. The first kappa shape index (κ1) is 21.3. The summed E-state index contributed by atoms with van der Waals surface area (Å²) < 4.78 is 46.5. The molecule has 5 nitrogen and oxygen atoms in total. The van der Waals surface area contributed by atoms with Gasteiger partial charge >= 0.3 is 6.18 Å². The molecule has 1 aromatic carbocycles. The Bertz CT molecular complexity index is 858. The average Bonchev–Trinajstić information content (AvgIpc) is 2.90. The number of rotatable bonds is 7. The summed E-state index contributed by atoms with van der Waals surface area (Å²) >= 11 is 8.75. The number of alkyl halides is 3. The molecule has 2 aromatic rings. The van der Waals surface area contributed by atoms with Gasteiger partial charge in [0.15, 0.2) is 0 Å². The molecule has 0 aliphatic heterocycles. The van der Waals surface area contributed by atoms with Crippen molar-refractivity contribution in [2.24, 2.45) is 5.16 Å². The van der Waals surface area contributed by atoms with Crippen molar-refractivity contribution in [1.29, 1.82) is 5.26 Å². The van der Waals surface area contributed by atoms with E-state index in [4.69, 9.17) is 21.2 Å². The van der Waals surface area contributed by atoms with Crippen LogP contribution in [0.2, 0.25) is 5.02 Å². The third kappa shape index (κ3) is 5.03. The normalized spacial score (nSPS) is 11.7. The van der Waals surface area contributed by atoms with Crippen LogP contribution in [0, 0.1) is 11.3 Å². The van der Waals surface area contributed by atoms with Crippen LogP contribution in [0.3, 0.4) is 0 Å². The van der Waals surface area contributed by atoms with Crippen molar-refractivity contribution in [1.82, 2.24) is 4.57 Å². The van der Waals surface area contributed by atoms with Crippen molar-refractivity contribution in [3.8, 4) is 17.3 Å². The first-order valence-corrected chi connectivity index (χ1v) is 8.85. The summed E-state index contributed by atoms with van der Waals surface area (Å²) in [5.41, 5.74) is -0.731. The maximum Gasteiger partial charge on any atom is 0.432 e. The van der Waals surface area contributed by atoms with Crippen LogP contribution in [-0.2, 0) is 22.5 Å². The van der Waals surface area contributed by atoms with Gasteiger partial charge in [-0.05, 0) is 40.0 Å². The molecule has 1 aromatic heterocycles. The molecule has 0 fully saturated rings. The summed E-state index contributed by atoms with van der Waals surface area (Å²) in [7, 11) is 0. The first-order valence-electron chi connectivity index (χ1n) is 7.68. The molecule has 0 amide bonds. The maximum absolute atomic E-state index is 13.6. The van der Waals surface area contributed by atoms with Gasteiger partial charge in [0.25, 0.3) is 0 Å². The largest absolute Gasteiger partial charge is 0.432 e. The number of nitrogens with zero attached hydrogens (tertiary/aromatic N) is 3. The number of halogens is 5. The molecule has 0 aliphatic rings. The molecule has 0 aliphatic carbocycles. The Kier molecular flexibility index (Phi) is 7.30. The molecule has 0 saturated heterocycles. The third-order valence-electron chi connectivity index (χ3n) is 3.39. The maximum atomic E-state index is 13.6. The number of aromatic nitrogens is 1. The highest BCUT2D eigenvalue weighted by Gasteiger charge is 2.40. The van der Waals surface area contributed by atoms with E-state index >= 15 is 0 Å². The summed E-state index contributed by atoms with van der Waals surface area (Å²) in [4.78, 5) is 4.80. The molecule has 1 heterocycles. The third-order valence-corrected chi connectivity index (χ3v) is 4.41. The number of benzene rings is 1. The second kappa shape index (κ2) is 9.26. The number of oxime groups is 1. The highest BCUT2D eigenvalue weighted by atomic mass is 79.9. The second-order valence-electron chi connectivity index (χ2n) is 5.21. The highest BCUT2D eigenvalue weighted by molar-refractivity contribution is 9.10. The van der Waals surface area contributed by atoms with E-state index < -0.39 is 18.6 Å². The Labute approximate surface area is 167 Å². The molecule has 0 radical (unpaired) electrons. The summed E-state index contributed by atoms with van der Waals surface area (Å²) in [5, 5.41) is 13.4. The van der Waals surface area contributed by atoms with E-state index in [1.54, 1.807) is 0 Å². The van der Waals surface area contributed by atoms with Crippen molar-refractivity contribution >= 4 is 33.7 Å². The predicted molar refractivity (Wildman–Crippen MR) is 98.1 cm³/mol. The Balaban J connectivity index is 2.48. The number of hydrogen-bond donors (Lipinski definition) is 0. The Morgan fingerprint density at radius 2 is 2.00 bits per heavy atom. The van der Waals surface area contributed by atoms with Crippen LogP contribution in [0.4, 0.5) is 13.2 Å². The van der Waals surface area contributed by atoms with Gasteiger partial charge in [0.1, 0.15) is 18.5 Å². The van der Waals surface area contributed by atoms with Crippen LogP contribution < -0.4 is 0 Å². The van der Waals surface area contributed by atoms with E-state index in [0.717, 1.165) is 4.57 Å². The zero-order valence-corrected chi connectivity index (χ0v) is 16.4. The van der Waals surface area contributed by atoms with Crippen molar-refractivity contribution in [2.45, 2.75) is 26.3 Å². The van der Waals surface area contributed by atoms with Crippen LogP contribution in [0.1, 0.15) is 24.6 Å². The lowest BCUT2D eigenvalue weighted by Gasteiger charge is -2.15. The van der Waals surface area contributed by atoms with Crippen molar-refractivity contribution < 1.29 is 22.7 Å². The van der Waals surface area contributed by atoms with E-state index in [0.29, 0.717) is 17.0 Å². The van der Waals surface area contributed by atoms with Gasteiger partial charge < -0.3 is 14.1 Å². The average molecular weight is 465 g/mol. The quantitative estimate of drug-likeness (QED) is 0.225. The van der Waals surface area contributed by atoms with Gasteiger partial charge in [0.2, 0.25) is 6.79 Å². The van der Waals surface area contributed by atoms with Crippen LogP contribution in [0.15, 0.2) is 33.9 Å². The molecular formula is C17H14BrClF3N3O2. The van der Waals surface area contributed by atoms with Gasteiger partial charge in [-0.2, -0.15) is 18.4 Å². The minimum absolute atomic E-state index is 0.0606. The van der Waals surface area contributed by atoms with E-state index in [-0.39, 0.29) is 22.5 Å². The van der Waals surface area contributed by atoms with Gasteiger partial charge in [-0.15, -0.1) is 0 Å². The fourth-order valence-electron chi connectivity index (χ4n) is 2.33. The molecule has 27 heavy (non-hydrogen) atoms. The Morgan fingerprint density at radius 1 is 1.33 bits per heavy atom. The standard InChI is InChI=1S/C17H14BrClF3N3O2/c1-2-7-24-27-10-26-9-25-15(11-3-5-12(19)6-4-11)13(8-23)14(18)16(25)17(20,21)22/h3-7H,2,9-10H2,1H3. The van der Waals surface area contributed by atoms with E-state index in [2.05, 4.69) is 21.1 Å². The zero-order valence-electron chi connectivity index (χ0n) is 14.1. The minimum Gasteiger partial charge on any atom is -0.367 e. The lowest BCUT2D eigenvalue weighted by Crippen LogP contribution is -2.17. The second-order valence-corrected chi connectivity index (χ2v) is 6.44. The molecule has 0 N–H and O–H groups in total. The molecule has 0 saturated carbocycles. The fraction of sp³-hybridized carbons (Fsp3) is 0.294. The molecule has 0 spiro atoms. The lowest BCUT2D eigenvalue weighted by molar-refractivity contribution is -0.149. The molecule has 144 valence electrons. The Morgan fingerprint density at radius 3 is 2.56 bits per heavy atom. The van der Waals surface area contributed by atoms with Gasteiger partial charge in [-0.1, -0.05) is 35.8 Å². The molecule has 10 heteroatoms. The van der Waals surface area contributed by atoms with Crippen molar-refractivity contribution in [3.05, 3.63) is 45.0 Å². The van der Waals surface area contributed by atoms with Crippen LogP contribution in [-0.4, -0.2) is 17.6 Å². The summed E-state index contributed by atoms with van der Waals surface area (Å²) in [6, 6.07) is 7.94. The van der Waals surface area contributed by atoms with E-state index in [1.165, 1.54) is 30.5 Å². The summed E-state index contributed by atoms with van der Waals surface area (Å²) in [6.45, 7) is 1.02. The van der Waals surface area contributed by atoms with Gasteiger partial charge in [-0.3, -0.25) is 0 Å².